The van der Waals surface area contributed by atoms with Gasteiger partial charge in [0.1, 0.15) is 0 Å². The molecule has 0 N–H and O–H groups in total. The number of nitrogens with zero attached hydrogens (tertiary/aromatic N) is 5. The van der Waals surface area contributed by atoms with Crippen molar-refractivity contribution in [3.05, 3.63) is 134 Å². The largest absolute Gasteiger partial charge is 0.351 e. The van der Waals surface area contributed by atoms with Gasteiger partial charge < -0.3 is 14.0 Å². The lowest BCUT2D eigenvalue weighted by molar-refractivity contribution is 0.277. The molecule has 6 aromatic rings. The summed E-state index contributed by atoms with van der Waals surface area (Å²) in [4.78, 5) is 10.4. The molecule has 3 aromatic heterocycles. The van der Waals surface area contributed by atoms with Gasteiger partial charge in [-0.15, -0.1) is 0 Å². The Hall–Kier alpha value is -4.22. The van der Waals surface area contributed by atoms with E-state index in [1.165, 1.54) is 87.3 Å². The van der Waals surface area contributed by atoms with Crippen molar-refractivity contribution in [1.29, 1.82) is 0 Å². The molecule has 1 saturated heterocycles. The Labute approximate surface area is 395 Å². The lowest BCUT2D eigenvalue weighted by Crippen LogP contribution is -2.24. The summed E-state index contributed by atoms with van der Waals surface area (Å²) in [6.45, 7) is 38.6. The van der Waals surface area contributed by atoms with Gasteiger partial charge in [-0.25, -0.2) is 4.98 Å². The molecule has 0 radical (unpaired) electrons. The van der Waals surface area contributed by atoms with Crippen molar-refractivity contribution in [2.45, 2.75) is 182 Å². The average molecular weight is 875 g/mol. The summed E-state index contributed by atoms with van der Waals surface area (Å²) >= 11 is 0. The van der Waals surface area contributed by atoms with Crippen LogP contribution in [0.1, 0.15) is 182 Å². The molecule has 5 heteroatoms. The van der Waals surface area contributed by atoms with E-state index in [1.54, 1.807) is 12.4 Å². The molecular formula is C58H107N5. The molecule has 63 heavy (non-hydrogen) atoms. The molecule has 2 aliphatic rings. The molecule has 1 aliphatic carbocycles. The first kappa shape index (κ1) is 73.2. The van der Waals surface area contributed by atoms with Crippen LogP contribution in [0.25, 0.3) is 21.9 Å². The lowest BCUT2D eigenvalue weighted by Gasteiger charge is -2.20. The van der Waals surface area contributed by atoms with Crippen molar-refractivity contribution >= 4 is 21.9 Å². The number of benzene rings is 3. The number of pyridine rings is 1. The Morgan fingerprint density at radius 2 is 0.698 bits per heavy atom. The third kappa shape index (κ3) is 47.1. The number of hydrogen-bond acceptors (Lipinski definition) is 3. The highest BCUT2D eigenvalue weighted by molar-refractivity contribution is 5.79. The molecule has 0 bridgehead atoms. The number of fused-ring (bicyclic) bond motifs is 2. The minimum Gasteiger partial charge on any atom is -0.351 e. The van der Waals surface area contributed by atoms with Crippen LogP contribution in [-0.2, 0) is 14.1 Å². The normalized spacial score (nSPS) is 10.8. The molecular weight excluding hydrogens is 767 g/mol. The van der Waals surface area contributed by atoms with E-state index in [4.69, 9.17) is 0 Å². The minimum atomic E-state index is 1.06. The molecule has 0 atom stereocenters. The Kier molecular flexibility index (Phi) is 80.7. The molecule has 1 saturated carbocycles. The van der Waals surface area contributed by atoms with Gasteiger partial charge in [0.05, 0.1) is 17.4 Å². The van der Waals surface area contributed by atoms with E-state index in [9.17, 15) is 0 Å². The quantitative estimate of drug-likeness (QED) is 0.153. The van der Waals surface area contributed by atoms with E-state index in [2.05, 4.69) is 76.1 Å². The zero-order valence-electron chi connectivity index (χ0n) is 45.7. The number of imidazole rings is 1. The lowest BCUT2D eigenvalue weighted by atomic mass is 10.0. The minimum absolute atomic E-state index is 1.06. The van der Waals surface area contributed by atoms with Gasteiger partial charge in [-0.1, -0.05) is 242 Å². The van der Waals surface area contributed by atoms with E-state index in [1.807, 2.05) is 215 Å². The first-order chi connectivity index (χ1) is 31.1. The van der Waals surface area contributed by atoms with Crippen molar-refractivity contribution in [3.63, 3.8) is 0 Å². The molecule has 0 unspecified atom stereocenters. The van der Waals surface area contributed by atoms with Crippen LogP contribution in [-0.4, -0.2) is 44.1 Å². The fourth-order valence-electron chi connectivity index (χ4n) is 5.11. The molecule has 3 aromatic carbocycles. The van der Waals surface area contributed by atoms with Gasteiger partial charge in [-0.3, -0.25) is 4.98 Å². The van der Waals surface area contributed by atoms with E-state index < -0.39 is 0 Å². The zero-order chi connectivity index (χ0) is 49.8. The maximum absolute atomic E-state index is 4.18. The van der Waals surface area contributed by atoms with Gasteiger partial charge in [-0.05, 0) is 74.8 Å². The van der Waals surface area contributed by atoms with Crippen molar-refractivity contribution in [1.82, 2.24) is 24.0 Å². The highest BCUT2D eigenvalue weighted by Gasteiger charge is 2.02. The number of aryl methyl sites for hydroxylation is 2. The fourth-order valence-corrected chi connectivity index (χ4v) is 5.11. The van der Waals surface area contributed by atoms with Crippen molar-refractivity contribution in [2.24, 2.45) is 14.1 Å². The second-order valence-corrected chi connectivity index (χ2v) is 11.5. The van der Waals surface area contributed by atoms with Crippen LogP contribution in [0.15, 0.2) is 134 Å². The average Bonchev–Trinajstić information content (AvgIpc) is 4.01. The Morgan fingerprint density at radius 3 is 1.02 bits per heavy atom. The van der Waals surface area contributed by atoms with Crippen LogP contribution >= 0.6 is 0 Å². The van der Waals surface area contributed by atoms with Gasteiger partial charge in [0.15, 0.2) is 0 Å². The number of aromatic nitrogens is 4. The number of likely N-dealkylation sites (tertiary alicyclic amines) is 1. The van der Waals surface area contributed by atoms with Crippen LogP contribution in [0, 0.1) is 0 Å². The van der Waals surface area contributed by atoms with Crippen LogP contribution in [0.4, 0.5) is 0 Å². The smallest absolute Gasteiger partial charge is 0.0955 e. The van der Waals surface area contributed by atoms with Gasteiger partial charge in [0, 0.05) is 38.2 Å². The number of rotatable bonds is 0. The Bertz CT molecular complexity index is 1350. The number of hydrogen-bond donors (Lipinski definition) is 0. The third-order valence-corrected chi connectivity index (χ3v) is 7.74. The predicted octanol–water partition coefficient (Wildman–Crippen LogP) is 19.2. The Balaban J connectivity index is -0.000000112. The highest BCUT2D eigenvalue weighted by Crippen LogP contribution is 2.15. The maximum atomic E-state index is 4.18. The Morgan fingerprint density at radius 1 is 0.349 bits per heavy atom. The van der Waals surface area contributed by atoms with Crippen molar-refractivity contribution < 1.29 is 0 Å². The first-order valence-corrected chi connectivity index (χ1v) is 25.5. The third-order valence-electron chi connectivity index (χ3n) is 7.74. The van der Waals surface area contributed by atoms with Crippen molar-refractivity contribution in [3.8, 4) is 0 Å². The predicted molar refractivity (Wildman–Crippen MR) is 295 cm³/mol. The van der Waals surface area contributed by atoms with Crippen LogP contribution in [0.3, 0.4) is 0 Å². The van der Waals surface area contributed by atoms with Gasteiger partial charge in [-0.2, -0.15) is 0 Å². The van der Waals surface area contributed by atoms with Crippen molar-refractivity contribution in [2.75, 3.05) is 20.1 Å². The summed E-state index contributed by atoms with van der Waals surface area (Å²) in [5.74, 6) is 0. The standard InChI is InChI=1S/C9H9N.C8H8N2.C6H13N.C6H12.C6H6.C5H5N.9C2H6/c1-10-7-6-8-4-2-3-5-9(8)10;1-10-6-9-7-4-2-3-5-8(7)10;1-7-5-3-2-4-6-7;3*1-2-4-6-5-3-1;9*1-2/h2-7H,1H3;2-6H,1H3;2-6H2,1H3;1-6H2;1-6H;1-5H;9*1-2H3. The fraction of sp³-hybridized carbons (Fsp3) is 0.552. The summed E-state index contributed by atoms with van der Waals surface area (Å²) in [5.41, 5.74) is 3.54. The van der Waals surface area contributed by atoms with Crippen LogP contribution in [0.2, 0.25) is 0 Å². The highest BCUT2D eigenvalue weighted by atomic mass is 15.1. The van der Waals surface area contributed by atoms with Gasteiger partial charge in [0.2, 0.25) is 0 Å². The van der Waals surface area contributed by atoms with E-state index in [0.717, 1.165) is 5.52 Å². The SMILES string of the molecule is C1CCCCC1.CC.CC.CC.CC.CC.CC.CC.CC.CC.CN1CCCCC1.Cn1ccc2ccccc21.Cn1cnc2ccccc21.c1ccccc1.c1ccncc1. The summed E-state index contributed by atoms with van der Waals surface area (Å²) < 4.78 is 4.13. The first-order valence-electron chi connectivity index (χ1n) is 25.5. The summed E-state index contributed by atoms with van der Waals surface area (Å²) in [7, 11) is 6.25. The second kappa shape index (κ2) is 69.5. The molecule has 8 rings (SSSR count). The van der Waals surface area contributed by atoms with E-state index in [-0.39, 0.29) is 0 Å². The number of piperidine rings is 1. The summed E-state index contributed by atoms with van der Waals surface area (Å²) in [6.07, 6.45) is 20.7. The zero-order valence-corrected chi connectivity index (χ0v) is 45.7. The van der Waals surface area contributed by atoms with Gasteiger partial charge in [0.25, 0.3) is 0 Å². The molecule has 0 spiro atoms. The number of para-hydroxylation sites is 3. The maximum Gasteiger partial charge on any atom is 0.0955 e. The van der Waals surface area contributed by atoms with Crippen LogP contribution in [0.5, 0.6) is 0 Å². The molecule has 5 nitrogen and oxygen atoms in total. The van der Waals surface area contributed by atoms with Gasteiger partial charge >= 0.3 is 0 Å². The summed E-state index contributed by atoms with van der Waals surface area (Å²) in [6, 6.07) is 36.3. The monoisotopic (exact) mass is 874 g/mol. The summed E-state index contributed by atoms with van der Waals surface area (Å²) in [5, 5.41) is 1.31. The molecule has 0 amide bonds. The molecule has 2 fully saturated rings. The van der Waals surface area contributed by atoms with Crippen LogP contribution < -0.4 is 0 Å². The molecule has 4 heterocycles. The topological polar surface area (TPSA) is 38.9 Å². The molecule has 364 valence electrons. The molecule has 1 aliphatic heterocycles. The second-order valence-electron chi connectivity index (χ2n) is 11.5. The van der Waals surface area contributed by atoms with E-state index in [0.29, 0.717) is 0 Å². The van der Waals surface area contributed by atoms with E-state index >= 15 is 0 Å².